The van der Waals surface area contributed by atoms with Gasteiger partial charge in [0.25, 0.3) is 0 Å². The monoisotopic (exact) mass is 427 g/mol. The summed E-state index contributed by atoms with van der Waals surface area (Å²) in [5, 5.41) is -0.0970. The molecule has 1 aliphatic rings. The molecule has 6 nitrogen and oxygen atoms in total. The number of nitrogens with zero attached hydrogens (tertiary/aromatic N) is 3. The van der Waals surface area contributed by atoms with Crippen molar-refractivity contribution in [2.75, 3.05) is 25.9 Å². The summed E-state index contributed by atoms with van der Waals surface area (Å²) in [5.74, 6) is -0.184. The number of amides is 1. The molecule has 1 aromatic heterocycles. The van der Waals surface area contributed by atoms with Gasteiger partial charge in [0.05, 0.1) is 22.5 Å². The van der Waals surface area contributed by atoms with Crippen LogP contribution in [0.4, 0.5) is 13.2 Å². The number of aromatic nitrogens is 1. The molecule has 2 heterocycles. The van der Waals surface area contributed by atoms with Crippen LogP contribution in [0.3, 0.4) is 0 Å². The zero-order valence-electron chi connectivity index (χ0n) is 15.0. The van der Waals surface area contributed by atoms with Crippen LogP contribution in [0.5, 0.6) is 0 Å². The second-order valence-corrected chi connectivity index (χ2v) is 8.90. The number of sulfonamides is 1. The smallest absolute Gasteiger partial charge is 0.339 e. The molecule has 0 saturated carbocycles. The van der Waals surface area contributed by atoms with E-state index in [-0.39, 0.29) is 35.6 Å². The molecule has 0 radical (unpaired) electrons. The van der Waals surface area contributed by atoms with E-state index in [0.29, 0.717) is 25.9 Å². The molecule has 0 spiro atoms. The molecule has 1 amide bonds. The number of carbonyl (C=O) groups is 1. The van der Waals surface area contributed by atoms with Crippen molar-refractivity contribution >= 4 is 27.5 Å². The molecule has 0 N–H and O–H groups in total. The Bertz CT molecular complexity index is 794. The summed E-state index contributed by atoms with van der Waals surface area (Å²) in [6.07, 6.45) is -1.43. The molecule has 0 atom stereocenters. The van der Waals surface area contributed by atoms with Crippen LogP contribution in [0.2, 0.25) is 5.02 Å². The Kier molecular flexibility index (Phi) is 6.75. The Morgan fingerprint density at radius 2 is 1.96 bits per heavy atom. The van der Waals surface area contributed by atoms with Crippen LogP contribution in [0.1, 0.15) is 31.0 Å². The highest BCUT2D eigenvalue weighted by molar-refractivity contribution is 7.88. The fourth-order valence-electron chi connectivity index (χ4n) is 3.11. The molecule has 152 valence electrons. The molecule has 1 aromatic rings. The van der Waals surface area contributed by atoms with Gasteiger partial charge in [-0.25, -0.2) is 12.7 Å². The minimum atomic E-state index is -4.52. The van der Waals surface area contributed by atoms with E-state index in [1.165, 1.54) is 11.2 Å². The lowest BCUT2D eigenvalue weighted by molar-refractivity contribution is -0.137. The Hall–Kier alpha value is -1.39. The van der Waals surface area contributed by atoms with Crippen molar-refractivity contribution in [3.63, 3.8) is 0 Å². The van der Waals surface area contributed by atoms with Crippen molar-refractivity contribution in [3.05, 3.63) is 28.5 Å². The lowest BCUT2D eigenvalue weighted by Crippen LogP contribution is -2.48. The standard InChI is InChI=1S/C16H21ClF3N3O3S/c1-11(24)23(13-3-6-22(7-4-13)27(2,25)26)8-5-15-14(17)9-12(10-21-15)16(18,19)20/h9-10,13H,3-8H2,1-2H3. The lowest BCUT2D eigenvalue weighted by Gasteiger charge is -2.37. The van der Waals surface area contributed by atoms with E-state index in [2.05, 4.69) is 4.98 Å². The van der Waals surface area contributed by atoms with Crippen molar-refractivity contribution in [2.24, 2.45) is 0 Å². The van der Waals surface area contributed by atoms with Gasteiger partial charge in [-0.05, 0) is 18.9 Å². The second-order valence-electron chi connectivity index (χ2n) is 6.51. The van der Waals surface area contributed by atoms with Gasteiger partial charge in [-0.1, -0.05) is 11.6 Å². The largest absolute Gasteiger partial charge is 0.417 e. The van der Waals surface area contributed by atoms with E-state index in [1.54, 1.807) is 4.90 Å². The van der Waals surface area contributed by atoms with Crippen LogP contribution in [-0.2, 0) is 27.4 Å². The van der Waals surface area contributed by atoms with E-state index < -0.39 is 21.8 Å². The SMILES string of the molecule is CC(=O)N(CCc1ncc(C(F)(F)F)cc1Cl)C1CCN(S(C)(=O)=O)CC1. The van der Waals surface area contributed by atoms with Gasteiger partial charge >= 0.3 is 6.18 Å². The molecule has 0 unspecified atom stereocenters. The number of pyridine rings is 1. The number of hydrogen-bond acceptors (Lipinski definition) is 4. The molecule has 1 fully saturated rings. The summed E-state index contributed by atoms with van der Waals surface area (Å²) in [6.45, 7) is 2.31. The maximum atomic E-state index is 12.7. The second kappa shape index (κ2) is 8.32. The maximum absolute atomic E-state index is 12.7. The van der Waals surface area contributed by atoms with Gasteiger partial charge in [-0.15, -0.1) is 0 Å². The minimum absolute atomic E-state index is 0.0970. The van der Waals surface area contributed by atoms with Crippen molar-refractivity contribution in [1.82, 2.24) is 14.2 Å². The summed E-state index contributed by atoms with van der Waals surface area (Å²) in [7, 11) is -3.26. The highest BCUT2D eigenvalue weighted by Crippen LogP contribution is 2.31. The quantitative estimate of drug-likeness (QED) is 0.724. The van der Waals surface area contributed by atoms with Crippen molar-refractivity contribution in [3.8, 4) is 0 Å². The first-order valence-electron chi connectivity index (χ1n) is 8.33. The molecule has 1 aliphatic heterocycles. The van der Waals surface area contributed by atoms with E-state index in [4.69, 9.17) is 11.6 Å². The van der Waals surface area contributed by atoms with E-state index in [9.17, 15) is 26.4 Å². The molecule has 0 bridgehead atoms. The van der Waals surface area contributed by atoms with Crippen molar-refractivity contribution in [1.29, 1.82) is 0 Å². The molecule has 2 rings (SSSR count). The molecular weight excluding hydrogens is 407 g/mol. The number of carbonyl (C=O) groups excluding carboxylic acids is 1. The molecular formula is C16H21ClF3N3O3S. The van der Waals surface area contributed by atoms with Gasteiger partial charge in [-0.3, -0.25) is 9.78 Å². The third kappa shape index (κ3) is 5.79. The summed E-state index contributed by atoms with van der Waals surface area (Å²) >= 11 is 5.91. The third-order valence-corrected chi connectivity index (χ3v) is 6.20. The fraction of sp³-hybridized carbons (Fsp3) is 0.625. The predicted octanol–water partition coefficient (Wildman–Crippen LogP) is 2.57. The first-order valence-corrected chi connectivity index (χ1v) is 10.6. The van der Waals surface area contributed by atoms with Crippen LogP contribution in [0.15, 0.2) is 12.3 Å². The van der Waals surface area contributed by atoms with Crippen LogP contribution < -0.4 is 0 Å². The average molecular weight is 428 g/mol. The molecule has 27 heavy (non-hydrogen) atoms. The topological polar surface area (TPSA) is 70.6 Å². The fourth-order valence-corrected chi connectivity index (χ4v) is 4.25. The molecule has 1 saturated heterocycles. The molecule has 0 aromatic carbocycles. The highest BCUT2D eigenvalue weighted by atomic mass is 35.5. The normalized spacial score (nSPS) is 17.1. The number of alkyl halides is 3. The van der Waals surface area contributed by atoms with Crippen LogP contribution in [-0.4, -0.2) is 60.4 Å². The number of piperidine rings is 1. The summed E-state index contributed by atoms with van der Waals surface area (Å²) in [4.78, 5) is 17.4. The van der Waals surface area contributed by atoms with Crippen molar-refractivity contribution in [2.45, 2.75) is 38.4 Å². The number of halogens is 4. The van der Waals surface area contributed by atoms with Gasteiger partial charge in [0.15, 0.2) is 0 Å². The summed E-state index contributed by atoms with van der Waals surface area (Å²) < 4.78 is 62.6. The van der Waals surface area contributed by atoms with Crippen LogP contribution in [0.25, 0.3) is 0 Å². The highest BCUT2D eigenvalue weighted by Gasteiger charge is 2.32. The van der Waals surface area contributed by atoms with Gasteiger partial charge in [0.1, 0.15) is 0 Å². The Morgan fingerprint density at radius 3 is 2.41 bits per heavy atom. The Balaban J connectivity index is 2.03. The zero-order valence-corrected chi connectivity index (χ0v) is 16.5. The summed E-state index contributed by atoms with van der Waals surface area (Å²) in [6, 6.07) is 0.695. The first kappa shape index (κ1) is 21.9. The first-order chi connectivity index (χ1) is 12.4. The summed E-state index contributed by atoms with van der Waals surface area (Å²) in [5.41, 5.74) is -0.641. The average Bonchev–Trinajstić information content (AvgIpc) is 2.54. The zero-order chi connectivity index (χ0) is 20.4. The number of rotatable bonds is 5. The molecule has 11 heteroatoms. The molecule has 0 aliphatic carbocycles. The van der Waals surface area contributed by atoms with Crippen molar-refractivity contribution < 1.29 is 26.4 Å². The van der Waals surface area contributed by atoms with Gasteiger partial charge < -0.3 is 4.90 Å². The third-order valence-electron chi connectivity index (χ3n) is 4.57. The lowest BCUT2D eigenvalue weighted by atomic mass is 10.0. The number of hydrogen-bond donors (Lipinski definition) is 0. The van der Waals surface area contributed by atoms with Gasteiger partial charge in [0, 0.05) is 45.2 Å². The van der Waals surface area contributed by atoms with Crippen LogP contribution in [0, 0.1) is 0 Å². The minimum Gasteiger partial charge on any atom is -0.339 e. The van der Waals surface area contributed by atoms with Gasteiger partial charge in [-0.2, -0.15) is 13.2 Å². The van der Waals surface area contributed by atoms with E-state index in [1.807, 2.05) is 0 Å². The van der Waals surface area contributed by atoms with E-state index in [0.717, 1.165) is 18.5 Å². The predicted molar refractivity (Wildman–Crippen MR) is 94.8 cm³/mol. The Morgan fingerprint density at radius 1 is 1.37 bits per heavy atom. The van der Waals surface area contributed by atoms with E-state index >= 15 is 0 Å². The maximum Gasteiger partial charge on any atom is 0.417 e. The van der Waals surface area contributed by atoms with Crippen LogP contribution >= 0.6 is 11.6 Å². The van der Waals surface area contributed by atoms with Gasteiger partial charge in [0.2, 0.25) is 15.9 Å². The Labute approximate surface area is 161 Å².